The monoisotopic (exact) mass is 602 g/mol. The quantitative estimate of drug-likeness (QED) is 0.210. The van der Waals surface area contributed by atoms with E-state index in [1.54, 1.807) is 0 Å². The van der Waals surface area contributed by atoms with Gasteiger partial charge in [0.15, 0.2) is 6.61 Å². The highest BCUT2D eigenvalue weighted by atomic mass is 19.4. The molecule has 2 aromatic carbocycles. The van der Waals surface area contributed by atoms with Crippen LogP contribution in [0.1, 0.15) is 69.8 Å². The Morgan fingerprint density at radius 2 is 1.36 bits per heavy atom. The molecule has 0 radical (unpaired) electrons. The van der Waals surface area contributed by atoms with Crippen molar-refractivity contribution < 1.29 is 44.6 Å². The Hall–Kier alpha value is -2.88. The highest BCUT2D eigenvalue weighted by Crippen LogP contribution is 2.40. The van der Waals surface area contributed by atoms with Gasteiger partial charge in [0.1, 0.15) is 23.2 Å². The molecule has 2 fully saturated rings. The number of benzene rings is 2. The Kier molecular flexibility index (Phi) is 10.4. The lowest BCUT2D eigenvalue weighted by atomic mass is 9.78. The van der Waals surface area contributed by atoms with E-state index in [1.807, 2.05) is 13.0 Å². The SMILES string of the molecule is CC=CC1CCC(OCC(F)(F)Oc2ccc(-c3cc(F)c(C4CCC(C=CC(F)(F)F)CC4)c(F)c3)c(F)c2)CC1. The van der Waals surface area contributed by atoms with Gasteiger partial charge < -0.3 is 9.47 Å². The molecule has 0 atom stereocenters. The smallest absolute Gasteiger partial charge is 0.421 e. The molecule has 0 bridgehead atoms. The van der Waals surface area contributed by atoms with E-state index in [9.17, 15) is 26.3 Å². The molecule has 0 amide bonds. The molecule has 0 N–H and O–H groups in total. The molecule has 0 saturated heterocycles. The van der Waals surface area contributed by atoms with Gasteiger partial charge in [-0.1, -0.05) is 18.2 Å². The van der Waals surface area contributed by atoms with Gasteiger partial charge in [0, 0.05) is 23.3 Å². The summed E-state index contributed by atoms with van der Waals surface area (Å²) in [7, 11) is 0. The molecule has 2 aliphatic carbocycles. The van der Waals surface area contributed by atoms with Gasteiger partial charge in [-0.25, -0.2) is 13.2 Å². The van der Waals surface area contributed by atoms with Gasteiger partial charge in [-0.2, -0.15) is 22.0 Å². The van der Waals surface area contributed by atoms with E-state index in [-0.39, 0.29) is 34.8 Å². The number of hydrogen-bond acceptors (Lipinski definition) is 2. The van der Waals surface area contributed by atoms with Crippen molar-refractivity contribution in [3.05, 3.63) is 77.7 Å². The van der Waals surface area contributed by atoms with Crippen molar-refractivity contribution >= 4 is 0 Å². The summed E-state index contributed by atoms with van der Waals surface area (Å²) < 4.78 is 121. The molecule has 0 aromatic heterocycles. The maximum atomic E-state index is 15.0. The average molecular weight is 603 g/mol. The van der Waals surface area contributed by atoms with Crippen molar-refractivity contribution in [3.8, 4) is 16.9 Å². The van der Waals surface area contributed by atoms with E-state index in [0.717, 1.165) is 49.2 Å². The van der Waals surface area contributed by atoms with E-state index in [0.29, 0.717) is 44.4 Å². The lowest BCUT2D eigenvalue weighted by Crippen LogP contribution is -2.34. The Balaban J connectivity index is 1.36. The molecule has 10 heteroatoms. The third-order valence-electron chi connectivity index (χ3n) is 8.01. The van der Waals surface area contributed by atoms with Crippen molar-refractivity contribution in [2.24, 2.45) is 11.8 Å². The topological polar surface area (TPSA) is 18.5 Å². The maximum Gasteiger partial charge on any atom is 0.421 e. The fraction of sp³-hybridized carbons (Fsp3) is 0.500. The van der Waals surface area contributed by atoms with Crippen molar-refractivity contribution in [1.29, 1.82) is 0 Å². The molecule has 0 unspecified atom stereocenters. The Morgan fingerprint density at radius 3 is 1.93 bits per heavy atom. The molecular weight excluding hydrogens is 568 g/mol. The second-order valence-electron chi connectivity index (χ2n) is 11.1. The summed E-state index contributed by atoms with van der Waals surface area (Å²) in [5.74, 6) is -3.70. The summed E-state index contributed by atoms with van der Waals surface area (Å²) in [5, 5.41) is 0. The Labute approximate surface area is 240 Å². The third kappa shape index (κ3) is 8.82. The highest BCUT2D eigenvalue weighted by molar-refractivity contribution is 5.66. The van der Waals surface area contributed by atoms with E-state index in [2.05, 4.69) is 10.8 Å². The first-order chi connectivity index (χ1) is 19.8. The second kappa shape index (κ2) is 13.6. The molecule has 2 nitrogen and oxygen atoms in total. The van der Waals surface area contributed by atoms with Gasteiger partial charge in [0.25, 0.3) is 0 Å². The van der Waals surface area contributed by atoms with Crippen molar-refractivity contribution in [3.63, 3.8) is 0 Å². The lowest BCUT2D eigenvalue weighted by Gasteiger charge is -2.28. The zero-order chi connectivity index (χ0) is 30.5. The molecule has 4 rings (SSSR count). The van der Waals surface area contributed by atoms with Crippen molar-refractivity contribution in [2.45, 2.75) is 82.6 Å². The number of allylic oxidation sites excluding steroid dienone is 4. The summed E-state index contributed by atoms with van der Waals surface area (Å²) >= 11 is 0. The standard InChI is InChI=1S/C32H34F8O2/c1-2-3-20-6-10-24(11-7-20)41-19-32(39,40)42-25-12-13-26(27(33)18-25)23-16-28(34)30(29(35)17-23)22-8-4-21(5-9-22)14-15-31(36,37)38/h2-3,12-18,20-22,24H,4-11,19H2,1H3. The highest BCUT2D eigenvalue weighted by Gasteiger charge is 2.35. The molecule has 2 saturated carbocycles. The number of alkyl halides is 5. The van der Waals surface area contributed by atoms with Gasteiger partial charge in [-0.3, -0.25) is 0 Å². The minimum atomic E-state index is -4.41. The van der Waals surface area contributed by atoms with E-state index in [1.165, 1.54) is 0 Å². The molecule has 0 spiro atoms. The van der Waals surface area contributed by atoms with Gasteiger partial charge >= 0.3 is 12.3 Å². The van der Waals surface area contributed by atoms with Gasteiger partial charge in [0.2, 0.25) is 0 Å². The first-order valence-electron chi connectivity index (χ1n) is 14.2. The average Bonchev–Trinajstić information content (AvgIpc) is 2.91. The summed E-state index contributed by atoms with van der Waals surface area (Å²) in [5.41, 5.74) is -0.513. The van der Waals surface area contributed by atoms with E-state index >= 15 is 8.78 Å². The zero-order valence-electron chi connectivity index (χ0n) is 23.2. The summed E-state index contributed by atoms with van der Waals surface area (Å²) in [6.07, 6.45) is 1.21. The number of rotatable bonds is 9. The van der Waals surface area contributed by atoms with Crippen LogP contribution in [0.4, 0.5) is 35.1 Å². The molecule has 0 aliphatic heterocycles. The largest absolute Gasteiger partial charge is 0.431 e. The number of halogens is 8. The molecule has 2 aliphatic rings. The van der Waals surface area contributed by atoms with E-state index in [4.69, 9.17) is 4.74 Å². The van der Waals surface area contributed by atoms with Crippen LogP contribution in [0.25, 0.3) is 11.1 Å². The minimum Gasteiger partial charge on any atom is -0.431 e. The number of hydrogen-bond donors (Lipinski definition) is 0. The number of ether oxygens (including phenoxy) is 2. The zero-order valence-corrected chi connectivity index (χ0v) is 23.2. The molecule has 0 heterocycles. The maximum absolute atomic E-state index is 15.0. The van der Waals surface area contributed by atoms with Crippen molar-refractivity contribution in [2.75, 3.05) is 6.61 Å². The van der Waals surface area contributed by atoms with Crippen LogP contribution in [0.2, 0.25) is 0 Å². The first kappa shape index (κ1) is 32.0. The van der Waals surface area contributed by atoms with Crippen LogP contribution >= 0.6 is 0 Å². The normalized spacial score (nSPS) is 24.0. The van der Waals surface area contributed by atoms with Gasteiger partial charge in [0.05, 0.1) is 6.10 Å². The lowest BCUT2D eigenvalue weighted by molar-refractivity contribution is -0.222. The van der Waals surface area contributed by atoms with Crippen molar-refractivity contribution in [1.82, 2.24) is 0 Å². The first-order valence-corrected chi connectivity index (χ1v) is 14.2. The third-order valence-corrected chi connectivity index (χ3v) is 8.01. The summed E-state index contributed by atoms with van der Waals surface area (Å²) in [4.78, 5) is 0. The van der Waals surface area contributed by atoms with Gasteiger partial charge in [-0.05, 0) is 106 Å². The molecule has 230 valence electrons. The summed E-state index contributed by atoms with van der Waals surface area (Å²) in [6, 6.07) is 4.87. The van der Waals surface area contributed by atoms with E-state index < -0.39 is 48.0 Å². The van der Waals surface area contributed by atoms with Crippen LogP contribution in [-0.2, 0) is 4.74 Å². The predicted octanol–water partition coefficient (Wildman–Crippen LogP) is 10.3. The van der Waals surface area contributed by atoms with Crippen LogP contribution in [0.5, 0.6) is 5.75 Å². The van der Waals surface area contributed by atoms with Crippen LogP contribution in [0.15, 0.2) is 54.6 Å². The second-order valence-corrected chi connectivity index (χ2v) is 11.1. The Morgan fingerprint density at radius 1 is 0.762 bits per heavy atom. The predicted molar refractivity (Wildman–Crippen MR) is 144 cm³/mol. The Bertz CT molecular complexity index is 1230. The summed E-state index contributed by atoms with van der Waals surface area (Å²) in [6.45, 7) is 0.943. The molecule has 42 heavy (non-hydrogen) atoms. The minimum absolute atomic E-state index is 0.122. The van der Waals surface area contributed by atoms with Gasteiger partial charge in [-0.15, -0.1) is 0 Å². The van der Waals surface area contributed by atoms with Crippen LogP contribution < -0.4 is 4.74 Å². The van der Waals surface area contributed by atoms with Crippen LogP contribution in [0, 0.1) is 29.3 Å². The van der Waals surface area contributed by atoms with Crippen LogP contribution in [-0.4, -0.2) is 25.0 Å². The fourth-order valence-electron chi connectivity index (χ4n) is 5.91. The fourth-order valence-corrected chi connectivity index (χ4v) is 5.91. The molecular formula is C32H34F8O2. The van der Waals surface area contributed by atoms with Crippen LogP contribution in [0.3, 0.4) is 0 Å². The molecule has 2 aromatic rings.